The summed E-state index contributed by atoms with van der Waals surface area (Å²) in [5.41, 5.74) is 0. The van der Waals surface area contributed by atoms with Crippen molar-refractivity contribution < 1.29 is 17.7 Å². The number of amides is 1. The molecule has 0 spiro atoms. The van der Waals surface area contributed by atoms with Crippen LogP contribution in [-0.2, 0) is 14.6 Å². The predicted molar refractivity (Wildman–Crippen MR) is 64.1 cm³/mol. The lowest BCUT2D eigenvalue weighted by Crippen LogP contribution is -2.47. The van der Waals surface area contributed by atoms with Crippen LogP contribution in [0.5, 0.6) is 0 Å². The lowest BCUT2D eigenvalue weighted by Gasteiger charge is -2.20. The van der Waals surface area contributed by atoms with Gasteiger partial charge in [0.25, 0.3) is 0 Å². The second kappa shape index (κ2) is 4.57. The van der Waals surface area contributed by atoms with E-state index in [9.17, 15) is 13.2 Å². The van der Waals surface area contributed by atoms with Crippen molar-refractivity contribution in [2.45, 2.75) is 18.4 Å². The van der Waals surface area contributed by atoms with E-state index in [1.54, 1.807) is 0 Å². The van der Waals surface area contributed by atoms with Crippen molar-refractivity contribution in [1.29, 1.82) is 0 Å². The minimum Gasteiger partial charge on any atom is -0.353 e. The number of nitrogens with one attached hydrogen (secondary N) is 2. The smallest absolute Gasteiger partial charge is 0.245 e. The van der Waals surface area contributed by atoms with Crippen LogP contribution >= 0.6 is 0 Å². The average Bonchev–Trinajstić information content (AvgIpc) is 2.96. The summed E-state index contributed by atoms with van der Waals surface area (Å²) in [6.45, 7) is 0.601. The van der Waals surface area contributed by atoms with E-state index < -0.39 is 9.84 Å². The molecule has 3 rings (SSSR count). The van der Waals surface area contributed by atoms with E-state index in [1.807, 2.05) is 0 Å². The van der Waals surface area contributed by atoms with Crippen LogP contribution < -0.4 is 10.6 Å². The molecule has 1 amide bonds. The number of hydrogen-bond donors (Lipinski definition) is 2. The maximum Gasteiger partial charge on any atom is 0.245 e. The molecule has 0 bridgehead atoms. The van der Waals surface area contributed by atoms with Crippen LogP contribution in [0.2, 0.25) is 0 Å². The van der Waals surface area contributed by atoms with Gasteiger partial charge in [0.2, 0.25) is 11.8 Å². The van der Waals surface area contributed by atoms with Crippen molar-refractivity contribution in [1.82, 2.24) is 20.8 Å². The molecule has 3 heterocycles. The average molecular weight is 286 g/mol. The Labute approximate surface area is 109 Å². The van der Waals surface area contributed by atoms with Gasteiger partial charge >= 0.3 is 0 Å². The molecular weight excluding hydrogens is 272 g/mol. The van der Waals surface area contributed by atoms with Gasteiger partial charge in [0.15, 0.2) is 15.7 Å². The number of hydrogen-bond acceptors (Lipinski definition) is 7. The van der Waals surface area contributed by atoms with Crippen LogP contribution in [0.4, 0.5) is 0 Å². The summed E-state index contributed by atoms with van der Waals surface area (Å²) in [5.74, 6) is 0.840. The SMILES string of the molecule is O=C1CNC(c2nc(C3CCS(=O)(=O)C3)no2)CN1. The van der Waals surface area contributed by atoms with Gasteiger partial charge in [-0.15, -0.1) is 0 Å². The van der Waals surface area contributed by atoms with Crippen LogP contribution in [0.3, 0.4) is 0 Å². The van der Waals surface area contributed by atoms with Crippen molar-refractivity contribution in [3.63, 3.8) is 0 Å². The summed E-state index contributed by atoms with van der Waals surface area (Å²) in [6.07, 6.45) is 0.538. The quantitative estimate of drug-likeness (QED) is 0.696. The summed E-state index contributed by atoms with van der Waals surface area (Å²) in [6, 6.07) is -0.211. The van der Waals surface area contributed by atoms with Gasteiger partial charge in [-0.2, -0.15) is 4.98 Å². The Balaban J connectivity index is 1.71. The number of carbonyl (C=O) groups is 1. The molecule has 2 unspecified atom stereocenters. The summed E-state index contributed by atoms with van der Waals surface area (Å²) in [4.78, 5) is 15.3. The number of rotatable bonds is 2. The Kier molecular flexibility index (Phi) is 3.02. The lowest BCUT2D eigenvalue weighted by atomic mass is 10.1. The monoisotopic (exact) mass is 286 g/mol. The predicted octanol–water partition coefficient (Wildman–Crippen LogP) is -1.27. The van der Waals surface area contributed by atoms with Gasteiger partial charge in [-0.1, -0.05) is 5.16 Å². The van der Waals surface area contributed by atoms with Crippen LogP contribution in [0.1, 0.15) is 30.1 Å². The van der Waals surface area contributed by atoms with E-state index in [4.69, 9.17) is 4.52 Å². The van der Waals surface area contributed by atoms with Crippen LogP contribution in [0.15, 0.2) is 4.52 Å². The molecule has 0 radical (unpaired) electrons. The van der Waals surface area contributed by atoms with Crippen molar-refractivity contribution >= 4 is 15.7 Å². The first-order chi connectivity index (χ1) is 9.03. The molecule has 104 valence electrons. The van der Waals surface area contributed by atoms with E-state index in [0.29, 0.717) is 24.7 Å². The highest BCUT2D eigenvalue weighted by Gasteiger charge is 2.33. The molecule has 8 nitrogen and oxygen atoms in total. The van der Waals surface area contributed by atoms with E-state index in [-0.39, 0.29) is 35.9 Å². The molecule has 1 aromatic rings. The third-order valence-electron chi connectivity index (χ3n) is 3.37. The molecule has 2 aliphatic heterocycles. The van der Waals surface area contributed by atoms with Crippen molar-refractivity contribution in [3.8, 4) is 0 Å². The molecule has 2 fully saturated rings. The molecule has 0 aromatic carbocycles. The Morgan fingerprint density at radius 3 is 2.84 bits per heavy atom. The largest absolute Gasteiger partial charge is 0.353 e. The third kappa shape index (κ3) is 2.61. The molecule has 9 heteroatoms. The summed E-state index contributed by atoms with van der Waals surface area (Å²) in [5, 5.41) is 9.53. The number of carbonyl (C=O) groups excluding carboxylic acids is 1. The molecule has 0 aliphatic carbocycles. The minimum absolute atomic E-state index is 0.0714. The van der Waals surface area contributed by atoms with Crippen LogP contribution in [0.25, 0.3) is 0 Å². The van der Waals surface area contributed by atoms with E-state index in [2.05, 4.69) is 20.8 Å². The Morgan fingerprint density at radius 2 is 2.21 bits per heavy atom. The van der Waals surface area contributed by atoms with Crippen molar-refractivity contribution in [3.05, 3.63) is 11.7 Å². The number of nitrogens with zero attached hydrogens (tertiary/aromatic N) is 2. The van der Waals surface area contributed by atoms with Crippen molar-refractivity contribution in [2.24, 2.45) is 0 Å². The highest BCUT2D eigenvalue weighted by molar-refractivity contribution is 7.91. The first-order valence-electron chi connectivity index (χ1n) is 6.07. The molecule has 2 N–H and O–H groups in total. The molecular formula is C10H14N4O4S. The van der Waals surface area contributed by atoms with Gasteiger partial charge in [-0.25, -0.2) is 8.42 Å². The topological polar surface area (TPSA) is 114 Å². The first-order valence-corrected chi connectivity index (χ1v) is 7.90. The number of aromatic nitrogens is 2. The second-order valence-corrected chi connectivity index (χ2v) is 7.06. The van der Waals surface area contributed by atoms with Gasteiger partial charge in [-0.05, 0) is 6.42 Å². The van der Waals surface area contributed by atoms with E-state index in [0.717, 1.165) is 0 Å². The molecule has 1 aromatic heterocycles. The molecule has 2 atom stereocenters. The number of sulfone groups is 1. The Morgan fingerprint density at radius 1 is 1.37 bits per heavy atom. The zero-order valence-corrected chi connectivity index (χ0v) is 10.9. The first kappa shape index (κ1) is 12.5. The molecule has 19 heavy (non-hydrogen) atoms. The standard InChI is InChI=1S/C10H14N4O4S/c15-8-4-11-7(3-12-8)10-13-9(14-18-10)6-1-2-19(16,17)5-6/h6-7,11H,1-5H2,(H,12,15). The normalized spacial score (nSPS) is 30.2. The highest BCUT2D eigenvalue weighted by Crippen LogP contribution is 2.27. The number of piperazine rings is 1. The fraction of sp³-hybridized carbons (Fsp3) is 0.700. The zero-order chi connectivity index (χ0) is 13.5. The molecule has 2 aliphatic rings. The highest BCUT2D eigenvalue weighted by atomic mass is 32.2. The Hall–Kier alpha value is -1.48. The van der Waals surface area contributed by atoms with Gasteiger partial charge in [-0.3, -0.25) is 10.1 Å². The summed E-state index contributed by atoms with van der Waals surface area (Å²) >= 11 is 0. The van der Waals surface area contributed by atoms with Gasteiger partial charge in [0.1, 0.15) is 6.04 Å². The summed E-state index contributed by atoms with van der Waals surface area (Å²) < 4.78 is 28.0. The lowest BCUT2D eigenvalue weighted by molar-refractivity contribution is -0.121. The van der Waals surface area contributed by atoms with Crippen LogP contribution in [-0.4, -0.2) is 49.1 Å². The van der Waals surface area contributed by atoms with Gasteiger partial charge < -0.3 is 9.84 Å². The molecule has 2 saturated heterocycles. The van der Waals surface area contributed by atoms with E-state index >= 15 is 0 Å². The van der Waals surface area contributed by atoms with Gasteiger partial charge in [0.05, 0.1) is 18.1 Å². The maximum absolute atomic E-state index is 11.4. The third-order valence-corrected chi connectivity index (χ3v) is 5.13. The van der Waals surface area contributed by atoms with E-state index in [1.165, 1.54) is 0 Å². The fourth-order valence-electron chi connectivity index (χ4n) is 2.29. The van der Waals surface area contributed by atoms with Crippen LogP contribution in [0, 0.1) is 0 Å². The zero-order valence-electron chi connectivity index (χ0n) is 10.1. The molecule has 0 saturated carbocycles. The summed E-state index contributed by atoms with van der Waals surface area (Å²) in [7, 11) is -2.96. The minimum atomic E-state index is -2.96. The maximum atomic E-state index is 11.4. The van der Waals surface area contributed by atoms with Gasteiger partial charge in [0, 0.05) is 12.5 Å². The Bertz CT molecular complexity index is 586. The van der Waals surface area contributed by atoms with Crippen molar-refractivity contribution in [2.75, 3.05) is 24.6 Å². The second-order valence-electron chi connectivity index (χ2n) is 4.83. The fourth-order valence-corrected chi connectivity index (χ4v) is 4.03.